The molecule has 1 aromatic rings. The summed E-state index contributed by atoms with van der Waals surface area (Å²) >= 11 is 0. The molecule has 1 aromatic carbocycles. The van der Waals surface area contributed by atoms with Crippen molar-refractivity contribution in [2.45, 2.75) is 71.4 Å². The molecule has 1 saturated heterocycles. The number of hydrogen-bond donors (Lipinski definition) is 2. The summed E-state index contributed by atoms with van der Waals surface area (Å²) in [6, 6.07) is 8.50. The van der Waals surface area contributed by atoms with Crippen molar-refractivity contribution in [3.63, 3.8) is 0 Å². The van der Waals surface area contributed by atoms with Gasteiger partial charge in [-0.05, 0) is 43.2 Å². The predicted molar refractivity (Wildman–Crippen MR) is 131 cm³/mol. The number of aliphatic imine (C=N–C) groups is 1. The maximum Gasteiger partial charge on any atom is 0.222 e. The molecular weight excluding hydrogens is 475 g/mol. The van der Waals surface area contributed by atoms with Crippen LogP contribution in [-0.4, -0.2) is 36.4 Å². The molecule has 1 saturated carbocycles. The standard InChI is InChI=1S/C23H36N4O.HI/c1-2-24-23(25-15-5-9-19-7-3-4-8-19)26-17-20-11-13-21(14-12-20)18-27-16-6-10-22(27)28;/h11-14,19H,2-10,15-18H2,1H3,(H2,24,25,26);1H. The van der Waals surface area contributed by atoms with E-state index in [2.05, 4.69) is 41.8 Å². The number of benzene rings is 1. The lowest BCUT2D eigenvalue weighted by Gasteiger charge is -2.15. The van der Waals surface area contributed by atoms with E-state index in [-0.39, 0.29) is 29.9 Å². The van der Waals surface area contributed by atoms with Crippen molar-refractivity contribution >= 4 is 35.8 Å². The average molecular weight is 512 g/mol. The van der Waals surface area contributed by atoms with Gasteiger partial charge in [0.05, 0.1) is 6.54 Å². The Hall–Kier alpha value is -1.31. The Morgan fingerprint density at radius 1 is 1.10 bits per heavy atom. The number of nitrogens with one attached hydrogen (secondary N) is 2. The lowest BCUT2D eigenvalue weighted by molar-refractivity contribution is -0.128. The van der Waals surface area contributed by atoms with Crippen LogP contribution in [0.5, 0.6) is 0 Å². The van der Waals surface area contributed by atoms with E-state index < -0.39 is 0 Å². The molecule has 6 heteroatoms. The Kier molecular flexibility index (Phi) is 10.8. The minimum absolute atomic E-state index is 0. The maximum absolute atomic E-state index is 11.8. The van der Waals surface area contributed by atoms with Gasteiger partial charge in [0.25, 0.3) is 0 Å². The predicted octanol–water partition coefficient (Wildman–Crippen LogP) is 4.45. The van der Waals surface area contributed by atoms with Crippen molar-refractivity contribution in [3.8, 4) is 0 Å². The number of nitrogens with zero attached hydrogens (tertiary/aromatic N) is 2. The molecule has 162 valence electrons. The Bertz CT molecular complexity index is 641. The first kappa shape index (κ1) is 24.0. The summed E-state index contributed by atoms with van der Waals surface area (Å²) in [6.45, 7) is 6.25. The Balaban J connectivity index is 0.00000300. The van der Waals surface area contributed by atoms with Crippen LogP contribution in [0.2, 0.25) is 0 Å². The second kappa shape index (κ2) is 13.1. The van der Waals surface area contributed by atoms with Gasteiger partial charge in [-0.15, -0.1) is 24.0 Å². The quantitative estimate of drug-likeness (QED) is 0.223. The fourth-order valence-corrected chi connectivity index (χ4v) is 4.25. The van der Waals surface area contributed by atoms with Gasteiger partial charge in [0.15, 0.2) is 5.96 Å². The molecule has 1 amide bonds. The molecule has 1 heterocycles. The van der Waals surface area contributed by atoms with E-state index in [9.17, 15) is 4.79 Å². The fraction of sp³-hybridized carbons (Fsp3) is 0.652. The average Bonchev–Trinajstić information content (AvgIpc) is 3.36. The molecule has 0 aromatic heterocycles. The highest BCUT2D eigenvalue weighted by atomic mass is 127. The van der Waals surface area contributed by atoms with Crippen molar-refractivity contribution in [1.82, 2.24) is 15.5 Å². The zero-order valence-electron chi connectivity index (χ0n) is 17.8. The second-order valence-electron chi connectivity index (χ2n) is 8.15. The van der Waals surface area contributed by atoms with Gasteiger partial charge < -0.3 is 15.5 Å². The van der Waals surface area contributed by atoms with Crippen LogP contribution in [0.3, 0.4) is 0 Å². The number of hydrogen-bond acceptors (Lipinski definition) is 2. The zero-order valence-corrected chi connectivity index (χ0v) is 20.1. The lowest BCUT2D eigenvalue weighted by atomic mass is 10.0. The van der Waals surface area contributed by atoms with Gasteiger partial charge >= 0.3 is 0 Å². The van der Waals surface area contributed by atoms with Crippen LogP contribution in [0.25, 0.3) is 0 Å². The van der Waals surface area contributed by atoms with E-state index in [4.69, 9.17) is 4.99 Å². The maximum atomic E-state index is 11.8. The molecule has 2 N–H and O–H groups in total. The van der Waals surface area contributed by atoms with Gasteiger partial charge in [0.2, 0.25) is 5.91 Å². The van der Waals surface area contributed by atoms with Crippen LogP contribution in [0.15, 0.2) is 29.3 Å². The number of amides is 1. The Morgan fingerprint density at radius 2 is 1.83 bits per heavy atom. The molecule has 2 aliphatic rings. The monoisotopic (exact) mass is 512 g/mol. The van der Waals surface area contributed by atoms with E-state index in [1.807, 2.05) is 4.90 Å². The first-order valence-electron chi connectivity index (χ1n) is 11.1. The van der Waals surface area contributed by atoms with E-state index in [0.29, 0.717) is 13.0 Å². The third-order valence-corrected chi connectivity index (χ3v) is 5.89. The van der Waals surface area contributed by atoms with Crippen LogP contribution in [0.1, 0.15) is 69.4 Å². The van der Waals surface area contributed by atoms with Gasteiger partial charge in [-0.2, -0.15) is 0 Å². The molecular formula is C23H37IN4O. The lowest BCUT2D eigenvalue weighted by Crippen LogP contribution is -2.37. The minimum atomic E-state index is 0. The molecule has 5 nitrogen and oxygen atoms in total. The van der Waals surface area contributed by atoms with Crippen molar-refractivity contribution in [2.24, 2.45) is 10.9 Å². The number of guanidine groups is 1. The SMILES string of the molecule is CCNC(=NCc1ccc(CN2CCCC2=O)cc1)NCCCC1CCCC1.I. The van der Waals surface area contributed by atoms with Crippen LogP contribution >= 0.6 is 24.0 Å². The number of rotatable bonds is 9. The number of halogens is 1. The van der Waals surface area contributed by atoms with Gasteiger partial charge in [-0.3, -0.25) is 4.79 Å². The van der Waals surface area contributed by atoms with Crippen molar-refractivity contribution in [1.29, 1.82) is 0 Å². The van der Waals surface area contributed by atoms with Crippen LogP contribution in [-0.2, 0) is 17.9 Å². The van der Waals surface area contributed by atoms with Gasteiger partial charge in [0.1, 0.15) is 0 Å². The smallest absolute Gasteiger partial charge is 0.222 e. The summed E-state index contributed by atoms with van der Waals surface area (Å²) in [5.74, 6) is 2.14. The highest BCUT2D eigenvalue weighted by Crippen LogP contribution is 2.28. The van der Waals surface area contributed by atoms with E-state index >= 15 is 0 Å². The van der Waals surface area contributed by atoms with Crippen LogP contribution < -0.4 is 10.6 Å². The number of carbonyl (C=O) groups is 1. The summed E-state index contributed by atoms with van der Waals surface area (Å²) in [7, 11) is 0. The molecule has 0 bridgehead atoms. The minimum Gasteiger partial charge on any atom is -0.357 e. The molecule has 3 rings (SSSR count). The van der Waals surface area contributed by atoms with Crippen molar-refractivity contribution < 1.29 is 4.79 Å². The Labute approximate surface area is 193 Å². The van der Waals surface area contributed by atoms with Crippen LogP contribution in [0.4, 0.5) is 0 Å². The van der Waals surface area contributed by atoms with Gasteiger partial charge in [-0.1, -0.05) is 49.9 Å². The molecule has 0 radical (unpaired) electrons. The highest BCUT2D eigenvalue weighted by molar-refractivity contribution is 14.0. The number of likely N-dealkylation sites (tertiary alicyclic amines) is 1. The molecule has 2 fully saturated rings. The van der Waals surface area contributed by atoms with E-state index in [1.165, 1.54) is 49.7 Å². The normalized spacial score (nSPS) is 17.5. The van der Waals surface area contributed by atoms with E-state index in [1.54, 1.807) is 0 Å². The third-order valence-electron chi connectivity index (χ3n) is 5.89. The summed E-state index contributed by atoms with van der Waals surface area (Å²) in [6.07, 6.45) is 9.96. The summed E-state index contributed by atoms with van der Waals surface area (Å²) in [5.41, 5.74) is 2.39. The Morgan fingerprint density at radius 3 is 2.48 bits per heavy atom. The summed E-state index contributed by atoms with van der Waals surface area (Å²) in [4.78, 5) is 18.4. The molecule has 29 heavy (non-hydrogen) atoms. The number of carbonyl (C=O) groups excluding carboxylic acids is 1. The summed E-state index contributed by atoms with van der Waals surface area (Å²) < 4.78 is 0. The highest BCUT2D eigenvalue weighted by Gasteiger charge is 2.19. The fourth-order valence-electron chi connectivity index (χ4n) is 4.25. The largest absolute Gasteiger partial charge is 0.357 e. The summed E-state index contributed by atoms with van der Waals surface area (Å²) in [5, 5.41) is 6.81. The molecule has 0 atom stereocenters. The first-order chi connectivity index (χ1) is 13.7. The van der Waals surface area contributed by atoms with Crippen molar-refractivity contribution in [2.75, 3.05) is 19.6 Å². The second-order valence-corrected chi connectivity index (χ2v) is 8.15. The first-order valence-corrected chi connectivity index (χ1v) is 11.1. The topological polar surface area (TPSA) is 56.7 Å². The molecule has 0 spiro atoms. The van der Waals surface area contributed by atoms with Gasteiger partial charge in [-0.25, -0.2) is 4.99 Å². The van der Waals surface area contributed by atoms with E-state index in [0.717, 1.165) is 44.5 Å². The molecule has 1 aliphatic carbocycles. The molecule has 0 unspecified atom stereocenters. The van der Waals surface area contributed by atoms with Crippen LogP contribution in [0, 0.1) is 5.92 Å². The van der Waals surface area contributed by atoms with Gasteiger partial charge in [0, 0.05) is 32.6 Å². The zero-order chi connectivity index (χ0) is 19.6. The third kappa shape index (κ3) is 8.15. The molecule has 1 aliphatic heterocycles. The van der Waals surface area contributed by atoms with Crippen molar-refractivity contribution in [3.05, 3.63) is 35.4 Å².